The third kappa shape index (κ3) is 3.14. The van der Waals surface area contributed by atoms with Gasteiger partial charge in [-0.05, 0) is 19.3 Å². The fourth-order valence-corrected chi connectivity index (χ4v) is 3.20. The summed E-state index contributed by atoms with van der Waals surface area (Å²) in [5, 5.41) is 2.89. The van der Waals surface area contributed by atoms with E-state index >= 15 is 0 Å². The molecule has 0 radical (unpaired) electrons. The summed E-state index contributed by atoms with van der Waals surface area (Å²) in [5.74, 6) is 0.165. The van der Waals surface area contributed by atoms with Gasteiger partial charge in [-0.1, -0.05) is 30.3 Å². The van der Waals surface area contributed by atoms with E-state index in [1.165, 1.54) is 0 Å². The second-order valence-electron chi connectivity index (χ2n) is 4.99. The summed E-state index contributed by atoms with van der Waals surface area (Å²) < 4.78 is 5.53. The molecule has 0 saturated carbocycles. The quantitative estimate of drug-likeness (QED) is 0.864. The van der Waals surface area contributed by atoms with Crippen molar-refractivity contribution in [2.45, 2.75) is 31.8 Å². The van der Waals surface area contributed by atoms with Gasteiger partial charge in [-0.2, -0.15) is 0 Å². The molecule has 0 N–H and O–H groups in total. The Labute approximate surface area is 122 Å². The molecule has 2 aromatic rings. The second kappa shape index (κ2) is 6.29. The number of carbonyl (C=O) groups is 1. The Kier molecular flexibility index (Phi) is 4.23. The van der Waals surface area contributed by atoms with Crippen LogP contribution in [-0.2, 0) is 16.0 Å². The number of Topliss-reactive ketones (excluding diaryl/α,β-unsaturated/α-hetero) is 1. The summed E-state index contributed by atoms with van der Waals surface area (Å²) in [7, 11) is 0. The number of rotatable bonds is 4. The molecule has 1 saturated heterocycles. The van der Waals surface area contributed by atoms with E-state index in [-0.39, 0.29) is 11.9 Å². The lowest BCUT2D eigenvalue weighted by atomic mass is 10.0. The number of aromatic nitrogens is 1. The zero-order valence-corrected chi connectivity index (χ0v) is 12.1. The highest BCUT2D eigenvalue weighted by Gasteiger charge is 2.22. The van der Waals surface area contributed by atoms with Gasteiger partial charge in [0.1, 0.15) is 11.1 Å². The largest absolute Gasteiger partial charge is 0.370 e. The Balaban J connectivity index is 1.66. The average molecular weight is 287 g/mol. The van der Waals surface area contributed by atoms with Gasteiger partial charge in [0.15, 0.2) is 5.78 Å². The maximum absolute atomic E-state index is 12.2. The van der Waals surface area contributed by atoms with E-state index in [4.69, 9.17) is 4.74 Å². The van der Waals surface area contributed by atoms with Crippen molar-refractivity contribution in [1.29, 1.82) is 0 Å². The van der Waals surface area contributed by atoms with E-state index in [0.29, 0.717) is 13.0 Å². The van der Waals surface area contributed by atoms with E-state index in [2.05, 4.69) is 4.98 Å². The third-order valence-corrected chi connectivity index (χ3v) is 4.33. The molecule has 1 aromatic carbocycles. The first-order chi connectivity index (χ1) is 9.83. The Morgan fingerprint density at radius 2 is 2.15 bits per heavy atom. The average Bonchev–Trinajstić information content (AvgIpc) is 2.97. The molecule has 1 aromatic heterocycles. The molecule has 1 unspecified atom stereocenters. The molecule has 104 valence electrons. The van der Waals surface area contributed by atoms with Crippen molar-refractivity contribution in [3.05, 3.63) is 40.7 Å². The van der Waals surface area contributed by atoms with Crippen molar-refractivity contribution < 1.29 is 9.53 Å². The first-order valence-electron chi connectivity index (χ1n) is 6.97. The van der Waals surface area contributed by atoms with Crippen LogP contribution in [0.25, 0.3) is 11.3 Å². The van der Waals surface area contributed by atoms with E-state index in [0.717, 1.165) is 35.5 Å². The van der Waals surface area contributed by atoms with E-state index in [1.54, 1.807) is 11.3 Å². The normalized spacial score (nSPS) is 18.9. The molecule has 20 heavy (non-hydrogen) atoms. The van der Waals surface area contributed by atoms with Gasteiger partial charge in [0.2, 0.25) is 0 Å². The Morgan fingerprint density at radius 1 is 1.30 bits per heavy atom. The summed E-state index contributed by atoms with van der Waals surface area (Å²) in [6.45, 7) is 0.712. The van der Waals surface area contributed by atoms with Crippen molar-refractivity contribution in [2.75, 3.05) is 6.61 Å². The number of ketones is 1. The smallest absolute Gasteiger partial charge is 0.168 e. The van der Waals surface area contributed by atoms with Crippen molar-refractivity contribution in [3.8, 4) is 11.3 Å². The van der Waals surface area contributed by atoms with Crippen LogP contribution >= 0.6 is 11.3 Å². The highest BCUT2D eigenvalue weighted by atomic mass is 32.1. The lowest BCUT2D eigenvalue weighted by Gasteiger charge is -2.20. The first-order valence-corrected chi connectivity index (χ1v) is 7.85. The number of benzene rings is 1. The van der Waals surface area contributed by atoms with E-state index < -0.39 is 0 Å². The molecule has 1 aliphatic heterocycles. The fraction of sp³-hybridized carbons (Fsp3) is 0.375. The Morgan fingerprint density at radius 3 is 2.90 bits per heavy atom. The van der Waals surface area contributed by atoms with Crippen LogP contribution in [0.3, 0.4) is 0 Å². The standard InChI is InChI=1S/C16H17NO2S/c18-14(15-8-4-5-9-19-15)10-16-17-13(11-20-16)12-6-2-1-3-7-12/h1-3,6-7,11,15H,4-5,8-10H2. The highest BCUT2D eigenvalue weighted by Crippen LogP contribution is 2.23. The second-order valence-corrected chi connectivity index (χ2v) is 5.93. The van der Waals surface area contributed by atoms with Crippen molar-refractivity contribution in [3.63, 3.8) is 0 Å². The van der Waals surface area contributed by atoms with Gasteiger partial charge in [0.05, 0.1) is 12.1 Å². The predicted octanol–water partition coefficient (Wildman–Crippen LogP) is 3.49. The minimum absolute atomic E-state index is 0.165. The number of hydrogen-bond acceptors (Lipinski definition) is 4. The summed E-state index contributed by atoms with van der Waals surface area (Å²) >= 11 is 1.55. The minimum Gasteiger partial charge on any atom is -0.370 e. The van der Waals surface area contributed by atoms with Crippen molar-refractivity contribution in [1.82, 2.24) is 4.98 Å². The van der Waals surface area contributed by atoms with Crippen LogP contribution in [0.1, 0.15) is 24.3 Å². The molecule has 0 aliphatic carbocycles. The lowest BCUT2D eigenvalue weighted by Crippen LogP contribution is -2.29. The van der Waals surface area contributed by atoms with Gasteiger partial charge in [-0.15, -0.1) is 11.3 Å². The van der Waals surface area contributed by atoms with Crippen LogP contribution in [0.15, 0.2) is 35.7 Å². The molecule has 0 spiro atoms. The van der Waals surface area contributed by atoms with Gasteiger partial charge >= 0.3 is 0 Å². The zero-order chi connectivity index (χ0) is 13.8. The van der Waals surface area contributed by atoms with Gasteiger partial charge in [-0.3, -0.25) is 4.79 Å². The molecule has 4 heteroatoms. The maximum atomic E-state index is 12.2. The summed E-state index contributed by atoms with van der Waals surface area (Å²) in [4.78, 5) is 16.7. The minimum atomic E-state index is -0.215. The Hall–Kier alpha value is -1.52. The predicted molar refractivity (Wildman–Crippen MR) is 79.9 cm³/mol. The van der Waals surface area contributed by atoms with Crippen LogP contribution < -0.4 is 0 Å². The summed E-state index contributed by atoms with van der Waals surface area (Å²) in [6.07, 6.45) is 3.19. The van der Waals surface area contributed by atoms with Crippen molar-refractivity contribution in [2.24, 2.45) is 0 Å². The van der Waals surface area contributed by atoms with Crippen LogP contribution in [0, 0.1) is 0 Å². The van der Waals surface area contributed by atoms with Gasteiger partial charge in [0, 0.05) is 17.6 Å². The molecule has 2 heterocycles. The molecule has 1 aliphatic rings. The van der Waals surface area contributed by atoms with Gasteiger partial charge in [-0.25, -0.2) is 4.98 Å². The highest BCUT2D eigenvalue weighted by molar-refractivity contribution is 7.10. The number of thiazole rings is 1. The van der Waals surface area contributed by atoms with Crippen LogP contribution in [0.5, 0.6) is 0 Å². The van der Waals surface area contributed by atoms with E-state index in [1.807, 2.05) is 35.7 Å². The number of nitrogens with zero attached hydrogens (tertiary/aromatic N) is 1. The fourth-order valence-electron chi connectivity index (χ4n) is 2.39. The first kappa shape index (κ1) is 13.5. The molecule has 3 nitrogen and oxygen atoms in total. The molecule has 3 rings (SSSR count). The van der Waals surface area contributed by atoms with E-state index in [9.17, 15) is 4.79 Å². The summed E-state index contributed by atoms with van der Waals surface area (Å²) in [5.41, 5.74) is 2.04. The number of carbonyl (C=O) groups excluding carboxylic acids is 1. The number of hydrogen-bond donors (Lipinski definition) is 0. The molecule has 0 amide bonds. The van der Waals surface area contributed by atoms with Crippen LogP contribution in [-0.4, -0.2) is 23.5 Å². The van der Waals surface area contributed by atoms with Crippen LogP contribution in [0.4, 0.5) is 0 Å². The van der Waals surface area contributed by atoms with Gasteiger partial charge < -0.3 is 4.74 Å². The monoisotopic (exact) mass is 287 g/mol. The third-order valence-electron chi connectivity index (χ3n) is 3.49. The van der Waals surface area contributed by atoms with Gasteiger partial charge in [0.25, 0.3) is 0 Å². The SMILES string of the molecule is O=C(Cc1nc(-c2ccccc2)cs1)C1CCCCO1. The Bertz CT molecular complexity index is 573. The lowest BCUT2D eigenvalue weighted by molar-refractivity contribution is -0.132. The number of ether oxygens (including phenoxy) is 1. The zero-order valence-electron chi connectivity index (χ0n) is 11.2. The topological polar surface area (TPSA) is 39.2 Å². The molecular weight excluding hydrogens is 270 g/mol. The molecular formula is C16H17NO2S. The molecule has 0 bridgehead atoms. The molecule has 1 atom stereocenters. The maximum Gasteiger partial charge on any atom is 0.168 e. The molecule has 1 fully saturated rings. The van der Waals surface area contributed by atoms with Crippen molar-refractivity contribution >= 4 is 17.1 Å². The van der Waals surface area contributed by atoms with Crippen LogP contribution in [0.2, 0.25) is 0 Å². The summed E-state index contributed by atoms with van der Waals surface area (Å²) in [6, 6.07) is 10.0.